The lowest BCUT2D eigenvalue weighted by Gasteiger charge is -2.10. The molecule has 1 aromatic rings. The number of benzene rings is 1. The van der Waals surface area contributed by atoms with Crippen LogP contribution in [0, 0.1) is 6.92 Å². The molecule has 1 aromatic carbocycles. The van der Waals surface area contributed by atoms with Gasteiger partial charge in [0.05, 0.1) is 17.8 Å². The fourth-order valence-corrected chi connectivity index (χ4v) is 1.84. The highest BCUT2D eigenvalue weighted by molar-refractivity contribution is 9.10. The van der Waals surface area contributed by atoms with Gasteiger partial charge in [0.25, 0.3) is 0 Å². The zero-order valence-electron chi connectivity index (χ0n) is 7.73. The summed E-state index contributed by atoms with van der Waals surface area (Å²) in [6.45, 7) is 1.79. The van der Waals surface area contributed by atoms with Gasteiger partial charge in [-0.3, -0.25) is 0 Å². The molecular weight excluding hydrogens is 269 g/mol. The second kappa shape index (κ2) is 4.19. The molecule has 76 valence electrons. The van der Waals surface area contributed by atoms with Crippen molar-refractivity contribution in [2.75, 3.05) is 12.8 Å². The number of carbonyl (C=O) groups excluding carboxylic acids is 1. The number of methoxy groups -OCH3 is 1. The van der Waals surface area contributed by atoms with Crippen molar-refractivity contribution < 1.29 is 9.53 Å². The lowest BCUT2D eigenvalue weighted by Crippen LogP contribution is -2.08. The quantitative estimate of drug-likeness (QED) is 0.635. The summed E-state index contributed by atoms with van der Waals surface area (Å²) in [6, 6.07) is 1.75. The minimum absolute atomic E-state index is 0.209. The maximum Gasteiger partial charge on any atom is 0.341 e. The van der Waals surface area contributed by atoms with E-state index < -0.39 is 5.97 Å². The number of carbonyl (C=O) groups is 1. The van der Waals surface area contributed by atoms with Crippen LogP contribution in [0.4, 0.5) is 5.69 Å². The van der Waals surface area contributed by atoms with E-state index in [2.05, 4.69) is 20.7 Å². The number of hydrogen-bond donors (Lipinski definition) is 1. The molecule has 0 atom stereocenters. The molecule has 0 spiro atoms. The predicted molar refractivity (Wildman–Crippen MR) is 59.6 cm³/mol. The first-order valence-electron chi connectivity index (χ1n) is 3.81. The summed E-state index contributed by atoms with van der Waals surface area (Å²) < 4.78 is 5.22. The molecule has 2 N–H and O–H groups in total. The summed E-state index contributed by atoms with van der Waals surface area (Å²) in [7, 11) is 1.29. The molecular formula is C9H9BrClNO2. The number of ether oxygens (including phenoxy) is 1. The Morgan fingerprint density at radius 2 is 2.21 bits per heavy atom. The molecule has 0 aliphatic rings. The lowest BCUT2D eigenvalue weighted by molar-refractivity contribution is 0.0602. The van der Waals surface area contributed by atoms with Crippen LogP contribution in [0.15, 0.2) is 10.5 Å². The number of esters is 1. The average molecular weight is 279 g/mol. The number of nitrogen functional groups attached to an aromatic ring is 1. The third-order valence-corrected chi connectivity index (χ3v) is 2.97. The molecule has 0 saturated carbocycles. The number of anilines is 1. The maximum absolute atomic E-state index is 11.4. The van der Waals surface area contributed by atoms with Crippen LogP contribution in [0.25, 0.3) is 0 Å². The third kappa shape index (κ3) is 1.86. The molecule has 0 aliphatic heterocycles. The van der Waals surface area contributed by atoms with Crippen LogP contribution < -0.4 is 5.73 Å². The molecule has 0 unspecified atom stereocenters. The normalized spacial score (nSPS) is 10.0. The van der Waals surface area contributed by atoms with E-state index in [1.165, 1.54) is 7.11 Å². The van der Waals surface area contributed by atoms with E-state index in [9.17, 15) is 4.79 Å². The molecule has 0 fully saturated rings. The van der Waals surface area contributed by atoms with Crippen molar-refractivity contribution in [2.24, 2.45) is 0 Å². The van der Waals surface area contributed by atoms with Gasteiger partial charge in [-0.05, 0) is 34.5 Å². The highest BCUT2D eigenvalue weighted by Crippen LogP contribution is 2.33. The maximum atomic E-state index is 11.4. The van der Waals surface area contributed by atoms with Crippen LogP contribution in [-0.2, 0) is 4.74 Å². The van der Waals surface area contributed by atoms with Crippen LogP contribution in [0.5, 0.6) is 0 Å². The summed E-state index contributed by atoms with van der Waals surface area (Å²) in [4.78, 5) is 11.4. The minimum Gasteiger partial charge on any atom is -0.465 e. The smallest absolute Gasteiger partial charge is 0.341 e. The Bertz CT molecular complexity index is 367. The van der Waals surface area contributed by atoms with Gasteiger partial charge in [-0.15, -0.1) is 0 Å². The Balaban J connectivity index is 3.47. The van der Waals surface area contributed by atoms with E-state index in [1.807, 2.05) is 0 Å². The van der Waals surface area contributed by atoms with Crippen molar-refractivity contribution in [1.29, 1.82) is 0 Å². The van der Waals surface area contributed by atoms with E-state index in [0.717, 1.165) is 5.56 Å². The van der Waals surface area contributed by atoms with Gasteiger partial charge in [-0.2, -0.15) is 0 Å². The van der Waals surface area contributed by atoms with Gasteiger partial charge in [0, 0.05) is 4.47 Å². The second-order valence-corrected chi connectivity index (χ2v) is 4.00. The Labute approximate surface area is 95.3 Å². The van der Waals surface area contributed by atoms with Gasteiger partial charge in [0.1, 0.15) is 5.56 Å². The van der Waals surface area contributed by atoms with E-state index >= 15 is 0 Å². The summed E-state index contributed by atoms with van der Waals surface area (Å²) in [5.74, 6) is -0.531. The lowest BCUT2D eigenvalue weighted by atomic mass is 10.1. The van der Waals surface area contributed by atoms with Crippen molar-refractivity contribution in [3.8, 4) is 0 Å². The number of nitrogens with two attached hydrogens (primary N) is 1. The van der Waals surface area contributed by atoms with Crippen LogP contribution in [0.2, 0.25) is 5.02 Å². The van der Waals surface area contributed by atoms with Gasteiger partial charge < -0.3 is 10.5 Å². The zero-order valence-corrected chi connectivity index (χ0v) is 10.1. The topological polar surface area (TPSA) is 52.3 Å². The zero-order chi connectivity index (χ0) is 10.9. The van der Waals surface area contributed by atoms with Crippen molar-refractivity contribution in [1.82, 2.24) is 0 Å². The van der Waals surface area contributed by atoms with Crippen molar-refractivity contribution >= 4 is 39.2 Å². The predicted octanol–water partition coefficient (Wildman–Crippen LogP) is 2.78. The van der Waals surface area contributed by atoms with Crippen molar-refractivity contribution in [2.45, 2.75) is 6.92 Å². The molecule has 0 radical (unpaired) electrons. The first-order valence-corrected chi connectivity index (χ1v) is 4.98. The number of aryl methyl sites for hydroxylation is 1. The van der Waals surface area contributed by atoms with Gasteiger partial charge >= 0.3 is 5.97 Å². The van der Waals surface area contributed by atoms with E-state index in [1.54, 1.807) is 13.0 Å². The number of rotatable bonds is 1. The minimum atomic E-state index is -0.531. The monoisotopic (exact) mass is 277 g/mol. The van der Waals surface area contributed by atoms with E-state index in [0.29, 0.717) is 15.2 Å². The standard InChI is InChI=1S/C9H9BrClNO2/c1-4-3-5(10)8(12)6(7(4)11)9(13)14-2/h3H,12H2,1-2H3. The van der Waals surface area contributed by atoms with Crippen molar-refractivity contribution in [3.05, 3.63) is 26.7 Å². The summed E-state index contributed by atoms with van der Waals surface area (Å²) in [5, 5.41) is 0.331. The Hall–Kier alpha value is -0.740. The van der Waals surface area contributed by atoms with Gasteiger partial charge in [-0.25, -0.2) is 4.79 Å². The van der Waals surface area contributed by atoms with Crippen LogP contribution in [0.1, 0.15) is 15.9 Å². The number of halogens is 2. The van der Waals surface area contributed by atoms with Gasteiger partial charge in [0.2, 0.25) is 0 Å². The Morgan fingerprint density at radius 1 is 1.64 bits per heavy atom. The molecule has 1 rings (SSSR count). The molecule has 5 heteroatoms. The SMILES string of the molecule is COC(=O)c1c(N)c(Br)cc(C)c1Cl. The van der Waals surface area contributed by atoms with Gasteiger partial charge in [-0.1, -0.05) is 11.6 Å². The third-order valence-electron chi connectivity index (χ3n) is 1.83. The molecule has 0 amide bonds. The van der Waals surface area contributed by atoms with Crippen LogP contribution >= 0.6 is 27.5 Å². The van der Waals surface area contributed by atoms with Crippen molar-refractivity contribution in [3.63, 3.8) is 0 Å². The molecule has 0 saturated heterocycles. The summed E-state index contributed by atoms with van der Waals surface area (Å²) >= 11 is 9.18. The summed E-state index contributed by atoms with van der Waals surface area (Å²) in [5.41, 5.74) is 6.98. The van der Waals surface area contributed by atoms with E-state index in [-0.39, 0.29) is 5.56 Å². The molecule has 0 bridgehead atoms. The van der Waals surface area contributed by atoms with Gasteiger partial charge in [0.15, 0.2) is 0 Å². The van der Waals surface area contributed by atoms with Crippen LogP contribution in [-0.4, -0.2) is 13.1 Å². The fourth-order valence-electron chi connectivity index (χ4n) is 1.07. The second-order valence-electron chi connectivity index (χ2n) is 2.77. The first kappa shape index (κ1) is 11.3. The largest absolute Gasteiger partial charge is 0.465 e. The van der Waals surface area contributed by atoms with E-state index in [4.69, 9.17) is 17.3 Å². The Kier molecular flexibility index (Phi) is 3.39. The molecule has 0 aliphatic carbocycles. The Morgan fingerprint density at radius 3 is 2.71 bits per heavy atom. The van der Waals surface area contributed by atoms with Crippen LogP contribution in [0.3, 0.4) is 0 Å². The molecule has 0 heterocycles. The fraction of sp³-hybridized carbons (Fsp3) is 0.222. The highest BCUT2D eigenvalue weighted by Gasteiger charge is 2.18. The molecule has 14 heavy (non-hydrogen) atoms. The average Bonchev–Trinajstić information content (AvgIpc) is 2.15. The molecule has 3 nitrogen and oxygen atoms in total. The first-order chi connectivity index (χ1) is 6.49. The number of hydrogen-bond acceptors (Lipinski definition) is 3. The highest BCUT2D eigenvalue weighted by atomic mass is 79.9. The summed E-state index contributed by atoms with van der Waals surface area (Å²) in [6.07, 6.45) is 0. The molecule has 0 aromatic heterocycles.